The van der Waals surface area contributed by atoms with Gasteiger partial charge in [-0.05, 0) is 13.0 Å². The molecule has 0 radical (unpaired) electrons. The van der Waals surface area contributed by atoms with E-state index in [9.17, 15) is 20.0 Å². The second-order valence-corrected chi connectivity index (χ2v) is 3.35. The standard InChI is InChI=1S/C11H10N2O5/c1-2-18-11(15)4-7-3-8(6-12)9(13(16)17)5-10(7)14/h3,5,14H,2,4H2,1H3. The van der Waals surface area contributed by atoms with Crippen molar-refractivity contribution in [2.45, 2.75) is 13.3 Å². The first kappa shape index (κ1) is 13.4. The predicted octanol–water partition coefficient (Wildman–Crippen LogP) is 1.28. The highest BCUT2D eigenvalue weighted by atomic mass is 16.6. The summed E-state index contributed by atoms with van der Waals surface area (Å²) in [5.41, 5.74) is -0.588. The van der Waals surface area contributed by atoms with Gasteiger partial charge in [-0.15, -0.1) is 0 Å². The number of rotatable bonds is 4. The molecule has 7 nitrogen and oxygen atoms in total. The summed E-state index contributed by atoms with van der Waals surface area (Å²) in [5.74, 6) is -0.987. The lowest BCUT2D eigenvalue weighted by atomic mass is 10.1. The zero-order valence-electron chi connectivity index (χ0n) is 9.54. The number of nitro groups is 1. The average molecular weight is 250 g/mol. The van der Waals surface area contributed by atoms with Gasteiger partial charge in [-0.25, -0.2) is 0 Å². The van der Waals surface area contributed by atoms with Crippen molar-refractivity contribution in [2.24, 2.45) is 0 Å². The van der Waals surface area contributed by atoms with Gasteiger partial charge in [-0.2, -0.15) is 5.26 Å². The van der Waals surface area contributed by atoms with E-state index in [0.29, 0.717) is 0 Å². The van der Waals surface area contributed by atoms with Crippen LogP contribution in [0.5, 0.6) is 5.75 Å². The van der Waals surface area contributed by atoms with Crippen LogP contribution in [-0.4, -0.2) is 22.6 Å². The number of phenols is 1. The van der Waals surface area contributed by atoms with Crippen LogP contribution >= 0.6 is 0 Å². The SMILES string of the molecule is CCOC(=O)Cc1cc(C#N)c([N+](=O)[O-])cc1O. The number of carbonyl (C=O) groups excluding carboxylic acids is 1. The topological polar surface area (TPSA) is 113 Å². The Hall–Kier alpha value is -2.62. The van der Waals surface area contributed by atoms with Crippen LogP contribution < -0.4 is 0 Å². The van der Waals surface area contributed by atoms with Gasteiger partial charge in [0, 0.05) is 5.56 Å². The highest BCUT2D eigenvalue weighted by Gasteiger charge is 2.19. The molecule has 0 unspecified atom stereocenters. The molecule has 0 saturated heterocycles. The molecule has 0 aliphatic rings. The quantitative estimate of drug-likeness (QED) is 0.489. The summed E-state index contributed by atoms with van der Waals surface area (Å²) in [6.45, 7) is 1.83. The minimum absolute atomic E-state index is 0.121. The zero-order chi connectivity index (χ0) is 13.7. The van der Waals surface area contributed by atoms with Crippen LogP contribution in [0, 0.1) is 21.4 Å². The molecule has 0 aromatic heterocycles. The van der Waals surface area contributed by atoms with Gasteiger partial charge in [-0.3, -0.25) is 14.9 Å². The molecule has 0 fully saturated rings. The number of hydrogen-bond donors (Lipinski definition) is 1. The molecule has 94 valence electrons. The van der Waals surface area contributed by atoms with Crippen LogP contribution in [0.15, 0.2) is 12.1 Å². The second-order valence-electron chi connectivity index (χ2n) is 3.35. The minimum atomic E-state index is -0.771. The average Bonchev–Trinajstić information content (AvgIpc) is 2.31. The molecule has 0 aliphatic carbocycles. The maximum absolute atomic E-state index is 11.2. The number of aromatic hydroxyl groups is 1. The van der Waals surface area contributed by atoms with Crippen LogP contribution in [0.3, 0.4) is 0 Å². The highest BCUT2D eigenvalue weighted by molar-refractivity contribution is 5.74. The van der Waals surface area contributed by atoms with Crippen molar-refractivity contribution >= 4 is 11.7 Å². The monoisotopic (exact) mass is 250 g/mol. The van der Waals surface area contributed by atoms with Gasteiger partial charge in [0.1, 0.15) is 17.4 Å². The van der Waals surface area contributed by atoms with E-state index in [1.165, 1.54) is 0 Å². The number of ether oxygens (including phenoxy) is 1. The van der Waals surface area contributed by atoms with E-state index in [1.54, 1.807) is 13.0 Å². The Balaban J connectivity index is 3.13. The molecule has 1 aromatic rings. The number of hydrogen-bond acceptors (Lipinski definition) is 6. The first-order valence-corrected chi connectivity index (χ1v) is 5.05. The Morgan fingerprint density at radius 2 is 2.28 bits per heavy atom. The third-order valence-electron chi connectivity index (χ3n) is 2.15. The predicted molar refractivity (Wildman–Crippen MR) is 59.8 cm³/mol. The van der Waals surface area contributed by atoms with E-state index in [4.69, 9.17) is 5.26 Å². The van der Waals surface area contributed by atoms with E-state index < -0.39 is 22.3 Å². The fourth-order valence-electron chi connectivity index (χ4n) is 1.37. The summed E-state index contributed by atoms with van der Waals surface area (Å²) in [6.07, 6.45) is -0.244. The molecule has 0 amide bonds. The Labute approximate surface area is 102 Å². The number of carbonyl (C=O) groups is 1. The molecule has 0 heterocycles. The van der Waals surface area contributed by atoms with E-state index in [2.05, 4.69) is 4.74 Å². The van der Waals surface area contributed by atoms with E-state index >= 15 is 0 Å². The number of nitriles is 1. The van der Waals surface area contributed by atoms with Gasteiger partial charge in [0.25, 0.3) is 5.69 Å². The molecule has 0 saturated carbocycles. The Morgan fingerprint density at radius 3 is 2.78 bits per heavy atom. The summed E-state index contributed by atoms with van der Waals surface area (Å²) < 4.78 is 4.69. The Bertz CT molecular complexity index is 533. The molecule has 18 heavy (non-hydrogen) atoms. The van der Waals surface area contributed by atoms with Crippen LogP contribution in [0.2, 0.25) is 0 Å². The summed E-state index contributed by atoms with van der Waals surface area (Å²) in [5, 5.41) is 28.9. The summed E-state index contributed by atoms with van der Waals surface area (Å²) >= 11 is 0. The summed E-state index contributed by atoms with van der Waals surface area (Å²) in [6, 6.07) is 3.61. The van der Waals surface area contributed by atoms with Crippen molar-refractivity contribution < 1.29 is 19.6 Å². The van der Waals surface area contributed by atoms with Crippen LogP contribution in [-0.2, 0) is 16.0 Å². The minimum Gasteiger partial charge on any atom is -0.507 e. The van der Waals surface area contributed by atoms with E-state index in [0.717, 1.165) is 12.1 Å². The number of benzene rings is 1. The molecular weight excluding hydrogens is 240 g/mol. The molecule has 0 atom stereocenters. The third-order valence-corrected chi connectivity index (χ3v) is 2.15. The van der Waals surface area contributed by atoms with E-state index in [1.807, 2.05) is 0 Å². The Morgan fingerprint density at radius 1 is 1.61 bits per heavy atom. The van der Waals surface area contributed by atoms with E-state index in [-0.39, 0.29) is 24.2 Å². The van der Waals surface area contributed by atoms with Crippen molar-refractivity contribution in [3.63, 3.8) is 0 Å². The lowest BCUT2D eigenvalue weighted by Crippen LogP contribution is -2.08. The van der Waals surface area contributed by atoms with Gasteiger partial charge in [0.2, 0.25) is 0 Å². The van der Waals surface area contributed by atoms with Crippen molar-refractivity contribution in [1.82, 2.24) is 0 Å². The number of phenolic OH excluding ortho intramolecular Hbond substituents is 1. The summed E-state index contributed by atoms with van der Waals surface area (Å²) in [4.78, 5) is 21.1. The maximum Gasteiger partial charge on any atom is 0.310 e. The fourth-order valence-corrected chi connectivity index (χ4v) is 1.37. The lowest BCUT2D eigenvalue weighted by molar-refractivity contribution is -0.385. The first-order chi connectivity index (χ1) is 8.49. The van der Waals surface area contributed by atoms with Gasteiger partial charge in [0.05, 0.1) is 24.0 Å². The number of nitrogens with zero attached hydrogens (tertiary/aromatic N) is 2. The molecule has 0 bridgehead atoms. The smallest absolute Gasteiger partial charge is 0.310 e. The van der Waals surface area contributed by atoms with Gasteiger partial charge in [-0.1, -0.05) is 0 Å². The van der Waals surface area contributed by atoms with Crippen LogP contribution in [0.25, 0.3) is 0 Å². The zero-order valence-corrected chi connectivity index (χ0v) is 9.54. The largest absolute Gasteiger partial charge is 0.507 e. The molecule has 0 spiro atoms. The van der Waals surface area contributed by atoms with Gasteiger partial charge < -0.3 is 9.84 Å². The number of esters is 1. The molecule has 1 aromatic carbocycles. The van der Waals surface area contributed by atoms with Crippen molar-refractivity contribution in [1.29, 1.82) is 5.26 Å². The van der Waals surface area contributed by atoms with Gasteiger partial charge >= 0.3 is 5.97 Å². The van der Waals surface area contributed by atoms with Crippen molar-refractivity contribution in [3.8, 4) is 11.8 Å². The first-order valence-electron chi connectivity index (χ1n) is 5.05. The van der Waals surface area contributed by atoms with Crippen LogP contribution in [0.4, 0.5) is 5.69 Å². The normalized spacial score (nSPS) is 9.56. The fraction of sp³-hybridized carbons (Fsp3) is 0.273. The molecule has 1 rings (SSSR count). The third kappa shape index (κ3) is 2.95. The van der Waals surface area contributed by atoms with Gasteiger partial charge in [0.15, 0.2) is 0 Å². The molecule has 1 N–H and O–H groups in total. The van der Waals surface area contributed by atoms with Crippen LogP contribution in [0.1, 0.15) is 18.1 Å². The van der Waals surface area contributed by atoms with Crippen molar-refractivity contribution in [2.75, 3.05) is 6.61 Å². The maximum atomic E-state index is 11.2. The lowest BCUT2D eigenvalue weighted by Gasteiger charge is -2.05. The molecule has 7 heteroatoms. The Kier molecular flexibility index (Phi) is 4.21. The van der Waals surface area contributed by atoms with Crippen molar-refractivity contribution in [3.05, 3.63) is 33.4 Å². The summed E-state index contributed by atoms with van der Waals surface area (Å²) in [7, 11) is 0. The number of nitro benzene ring substituents is 1. The molecule has 0 aliphatic heterocycles. The highest BCUT2D eigenvalue weighted by Crippen LogP contribution is 2.28. The second kappa shape index (κ2) is 5.63. The molecular formula is C11H10N2O5.